The first-order valence-electron chi connectivity index (χ1n) is 10.7. The van der Waals surface area contributed by atoms with Gasteiger partial charge in [-0.3, -0.25) is 0 Å². The molecule has 2 heterocycles. The van der Waals surface area contributed by atoms with Crippen molar-refractivity contribution >= 4 is 22.8 Å². The van der Waals surface area contributed by atoms with Gasteiger partial charge in [-0.05, 0) is 37.6 Å². The second-order valence-corrected chi connectivity index (χ2v) is 7.39. The third kappa shape index (κ3) is 4.50. The van der Waals surface area contributed by atoms with E-state index in [0.29, 0.717) is 26.2 Å². The molecule has 3 aromatic rings. The summed E-state index contributed by atoms with van der Waals surface area (Å²) in [4.78, 5) is 21.1. The Kier molecular flexibility index (Phi) is 6.37. The molecule has 0 radical (unpaired) electrons. The molecule has 2 aromatic carbocycles. The van der Waals surface area contributed by atoms with E-state index in [9.17, 15) is 4.79 Å². The summed E-state index contributed by atoms with van der Waals surface area (Å²) in [5.74, 6) is 0.907. The molecule has 1 fully saturated rings. The number of amides is 2. The Balaban J connectivity index is 1.22. The van der Waals surface area contributed by atoms with Crippen molar-refractivity contribution in [1.29, 1.82) is 0 Å². The molecular formula is C23H29N5O2. The average molecular weight is 408 g/mol. The number of nitrogens with zero attached hydrogens (tertiary/aromatic N) is 4. The zero-order valence-electron chi connectivity index (χ0n) is 17.5. The summed E-state index contributed by atoms with van der Waals surface area (Å²) in [5, 5.41) is 3.06. The van der Waals surface area contributed by atoms with E-state index in [0.717, 1.165) is 48.5 Å². The number of aryl methyl sites for hydroxylation is 1. The summed E-state index contributed by atoms with van der Waals surface area (Å²) in [5.41, 5.74) is 3.24. The third-order valence-electron chi connectivity index (χ3n) is 5.45. The maximum Gasteiger partial charge on any atom is 0.317 e. The molecule has 158 valence electrons. The fourth-order valence-corrected chi connectivity index (χ4v) is 3.89. The number of fused-ring (bicyclic) bond motifs is 1. The predicted octanol–water partition coefficient (Wildman–Crippen LogP) is 3.36. The first-order chi connectivity index (χ1) is 14.8. The minimum absolute atomic E-state index is 0.0169. The van der Waals surface area contributed by atoms with Crippen molar-refractivity contribution in [2.24, 2.45) is 0 Å². The summed E-state index contributed by atoms with van der Waals surface area (Å²) >= 11 is 0. The summed E-state index contributed by atoms with van der Waals surface area (Å²) in [6, 6.07) is 16.2. The van der Waals surface area contributed by atoms with Crippen LogP contribution in [0.4, 0.5) is 10.5 Å². The van der Waals surface area contributed by atoms with E-state index in [1.807, 2.05) is 54.5 Å². The number of hydrogen-bond acceptors (Lipinski definition) is 4. The Morgan fingerprint density at radius 1 is 1.07 bits per heavy atom. The molecule has 4 rings (SSSR count). The Morgan fingerprint density at radius 3 is 2.67 bits per heavy atom. The van der Waals surface area contributed by atoms with Crippen LogP contribution in [0.25, 0.3) is 11.0 Å². The van der Waals surface area contributed by atoms with Gasteiger partial charge in [0.25, 0.3) is 0 Å². The lowest BCUT2D eigenvalue weighted by molar-refractivity contribution is 0.194. The standard InChI is InChI=1S/C23H29N5O2/c1-2-30-22-11-6-5-10-21(22)26-14-16-27(17-15-26)23(29)24-12-7-13-28-18-25-19-8-3-4-9-20(19)28/h3-6,8-11,18H,2,7,12-17H2,1H3,(H,24,29). The number of urea groups is 1. The molecule has 0 spiro atoms. The predicted molar refractivity (Wildman–Crippen MR) is 119 cm³/mol. The Labute approximate surface area is 177 Å². The highest BCUT2D eigenvalue weighted by Gasteiger charge is 2.22. The maximum absolute atomic E-state index is 12.5. The van der Waals surface area contributed by atoms with Crippen LogP contribution in [0.5, 0.6) is 5.75 Å². The van der Waals surface area contributed by atoms with Crippen LogP contribution in [0.2, 0.25) is 0 Å². The van der Waals surface area contributed by atoms with Gasteiger partial charge in [0, 0.05) is 39.3 Å². The highest BCUT2D eigenvalue weighted by molar-refractivity contribution is 5.75. The first-order valence-corrected chi connectivity index (χ1v) is 10.7. The van der Waals surface area contributed by atoms with Gasteiger partial charge in [-0.1, -0.05) is 24.3 Å². The number of hydrogen-bond donors (Lipinski definition) is 1. The van der Waals surface area contributed by atoms with Crippen LogP contribution >= 0.6 is 0 Å². The lowest BCUT2D eigenvalue weighted by Gasteiger charge is -2.36. The molecule has 7 heteroatoms. The highest BCUT2D eigenvalue weighted by Crippen LogP contribution is 2.28. The van der Waals surface area contributed by atoms with Crippen LogP contribution in [0.1, 0.15) is 13.3 Å². The van der Waals surface area contributed by atoms with Gasteiger partial charge in [0.2, 0.25) is 0 Å². The molecule has 0 atom stereocenters. The number of nitrogens with one attached hydrogen (secondary N) is 1. The van der Waals surface area contributed by atoms with E-state index in [-0.39, 0.29) is 6.03 Å². The molecule has 0 aliphatic carbocycles. The van der Waals surface area contributed by atoms with E-state index in [2.05, 4.69) is 31.9 Å². The van der Waals surface area contributed by atoms with Crippen molar-refractivity contribution in [2.75, 3.05) is 44.2 Å². The summed E-state index contributed by atoms with van der Waals surface area (Å²) in [6.07, 6.45) is 2.74. The van der Waals surface area contributed by atoms with Crippen molar-refractivity contribution < 1.29 is 9.53 Å². The van der Waals surface area contributed by atoms with Crippen LogP contribution in [0.15, 0.2) is 54.9 Å². The highest BCUT2D eigenvalue weighted by atomic mass is 16.5. The van der Waals surface area contributed by atoms with Gasteiger partial charge >= 0.3 is 6.03 Å². The SMILES string of the molecule is CCOc1ccccc1N1CCN(C(=O)NCCCn2cnc3ccccc32)CC1. The second-order valence-electron chi connectivity index (χ2n) is 7.39. The number of aromatic nitrogens is 2. The number of piperazine rings is 1. The number of ether oxygens (including phenoxy) is 1. The fraction of sp³-hybridized carbons (Fsp3) is 0.391. The Hall–Kier alpha value is -3.22. The van der Waals surface area contributed by atoms with Crippen molar-refractivity contribution in [3.8, 4) is 5.75 Å². The molecule has 30 heavy (non-hydrogen) atoms. The molecule has 0 unspecified atom stereocenters. The van der Waals surface area contributed by atoms with Gasteiger partial charge in [-0.25, -0.2) is 9.78 Å². The van der Waals surface area contributed by atoms with Gasteiger partial charge < -0.3 is 24.4 Å². The third-order valence-corrected chi connectivity index (χ3v) is 5.45. The number of carbonyl (C=O) groups excluding carboxylic acids is 1. The number of carbonyl (C=O) groups is 1. The monoisotopic (exact) mass is 407 g/mol. The number of para-hydroxylation sites is 4. The lowest BCUT2D eigenvalue weighted by atomic mass is 10.2. The van der Waals surface area contributed by atoms with Crippen LogP contribution in [0, 0.1) is 0 Å². The summed E-state index contributed by atoms with van der Waals surface area (Å²) in [7, 11) is 0. The van der Waals surface area contributed by atoms with Crippen LogP contribution in [-0.4, -0.2) is 59.8 Å². The second kappa shape index (κ2) is 9.52. The van der Waals surface area contributed by atoms with E-state index in [4.69, 9.17) is 4.74 Å². The van der Waals surface area contributed by atoms with E-state index in [1.165, 1.54) is 0 Å². The molecule has 1 aliphatic rings. The smallest absolute Gasteiger partial charge is 0.317 e. The zero-order valence-corrected chi connectivity index (χ0v) is 17.5. The Morgan fingerprint density at radius 2 is 1.83 bits per heavy atom. The lowest BCUT2D eigenvalue weighted by Crippen LogP contribution is -2.52. The quantitative estimate of drug-likeness (QED) is 0.610. The molecule has 0 saturated carbocycles. The molecule has 1 saturated heterocycles. The fourth-order valence-electron chi connectivity index (χ4n) is 3.89. The van der Waals surface area contributed by atoms with Crippen LogP contribution in [0.3, 0.4) is 0 Å². The van der Waals surface area contributed by atoms with Crippen molar-refractivity contribution in [3.05, 3.63) is 54.9 Å². The van der Waals surface area contributed by atoms with Crippen molar-refractivity contribution in [1.82, 2.24) is 19.8 Å². The number of benzene rings is 2. The zero-order chi connectivity index (χ0) is 20.8. The Bertz CT molecular complexity index is 978. The number of imidazole rings is 1. The van der Waals surface area contributed by atoms with Gasteiger partial charge in [-0.2, -0.15) is 0 Å². The molecule has 7 nitrogen and oxygen atoms in total. The van der Waals surface area contributed by atoms with Crippen molar-refractivity contribution in [3.63, 3.8) is 0 Å². The van der Waals surface area contributed by atoms with Crippen LogP contribution in [-0.2, 0) is 6.54 Å². The first kappa shape index (κ1) is 20.1. The maximum atomic E-state index is 12.5. The number of rotatable bonds is 7. The molecule has 1 N–H and O–H groups in total. The molecule has 2 amide bonds. The molecule has 1 aliphatic heterocycles. The van der Waals surface area contributed by atoms with Gasteiger partial charge in [-0.15, -0.1) is 0 Å². The van der Waals surface area contributed by atoms with Gasteiger partial charge in [0.15, 0.2) is 0 Å². The minimum atomic E-state index is 0.0169. The van der Waals surface area contributed by atoms with Gasteiger partial charge in [0.05, 0.1) is 29.7 Å². The molecule has 0 bridgehead atoms. The topological polar surface area (TPSA) is 62.6 Å². The van der Waals surface area contributed by atoms with E-state index in [1.54, 1.807) is 0 Å². The summed E-state index contributed by atoms with van der Waals surface area (Å²) < 4.78 is 7.88. The molecule has 1 aromatic heterocycles. The minimum Gasteiger partial charge on any atom is -0.492 e. The summed E-state index contributed by atoms with van der Waals surface area (Å²) in [6.45, 7) is 7.15. The van der Waals surface area contributed by atoms with Crippen molar-refractivity contribution in [2.45, 2.75) is 19.9 Å². The van der Waals surface area contributed by atoms with E-state index < -0.39 is 0 Å². The van der Waals surface area contributed by atoms with E-state index >= 15 is 0 Å². The average Bonchev–Trinajstić information content (AvgIpc) is 3.20. The molecular weight excluding hydrogens is 378 g/mol. The largest absolute Gasteiger partial charge is 0.492 e. The van der Waals surface area contributed by atoms with Crippen LogP contribution < -0.4 is 15.0 Å². The van der Waals surface area contributed by atoms with Gasteiger partial charge in [0.1, 0.15) is 5.75 Å². The normalized spacial score (nSPS) is 14.2. The number of anilines is 1.